The van der Waals surface area contributed by atoms with Crippen LogP contribution in [0.1, 0.15) is 104 Å². The van der Waals surface area contributed by atoms with Crippen molar-refractivity contribution >= 4 is 11.9 Å². The summed E-state index contributed by atoms with van der Waals surface area (Å²) in [7, 11) is 0. The lowest BCUT2D eigenvalue weighted by molar-refractivity contribution is -0.145. The predicted octanol–water partition coefficient (Wildman–Crippen LogP) is 6.28. The van der Waals surface area contributed by atoms with E-state index in [-0.39, 0.29) is 19.2 Å². The summed E-state index contributed by atoms with van der Waals surface area (Å²) >= 11 is 0. The number of hydrogen-bond donors (Lipinski definition) is 0. The smallest absolute Gasteiger partial charge is 0.333 e. The fourth-order valence-electron chi connectivity index (χ4n) is 4.75. The van der Waals surface area contributed by atoms with Crippen LogP contribution in [-0.2, 0) is 61.7 Å². The SMILES string of the molecule is C=C(C)C(=O)OCCOCCOCCOCCOCCOCCOCCOCCOCCOCCOC(=O)CCCCCCCCCCCCCCC. The van der Waals surface area contributed by atoms with Gasteiger partial charge in [0.15, 0.2) is 0 Å². The zero-order valence-corrected chi connectivity index (χ0v) is 33.6. The molecule has 0 aliphatic carbocycles. The van der Waals surface area contributed by atoms with E-state index in [2.05, 4.69) is 13.5 Å². The van der Waals surface area contributed by atoms with Crippen LogP contribution < -0.4 is 0 Å². The minimum Gasteiger partial charge on any atom is -0.463 e. The quantitative estimate of drug-likeness (QED) is 0.0392. The van der Waals surface area contributed by atoms with Gasteiger partial charge in [-0.2, -0.15) is 0 Å². The van der Waals surface area contributed by atoms with Crippen LogP contribution in [0.3, 0.4) is 0 Å². The Bertz CT molecular complexity index is 784. The van der Waals surface area contributed by atoms with Gasteiger partial charge < -0.3 is 52.1 Å². The normalized spacial score (nSPS) is 11.3. The zero-order valence-electron chi connectivity index (χ0n) is 33.6. The summed E-state index contributed by atoms with van der Waals surface area (Å²) in [5.74, 6) is -0.550. The van der Waals surface area contributed by atoms with Crippen LogP contribution in [-0.4, -0.2) is 144 Å². The predicted molar refractivity (Wildman–Crippen MR) is 204 cm³/mol. The summed E-state index contributed by atoms with van der Waals surface area (Å²) in [6, 6.07) is 0. The first kappa shape index (κ1) is 51.3. The molecule has 0 spiro atoms. The van der Waals surface area contributed by atoms with E-state index in [0.717, 1.165) is 12.8 Å². The van der Waals surface area contributed by atoms with E-state index in [1.807, 2.05) is 0 Å². The van der Waals surface area contributed by atoms with Crippen LogP contribution in [0.5, 0.6) is 0 Å². The van der Waals surface area contributed by atoms with E-state index in [9.17, 15) is 9.59 Å². The Labute approximate surface area is 321 Å². The molecule has 0 saturated carbocycles. The third kappa shape index (κ3) is 44.6. The first-order valence-electron chi connectivity index (χ1n) is 20.3. The number of hydrogen-bond acceptors (Lipinski definition) is 13. The van der Waals surface area contributed by atoms with Gasteiger partial charge in [0.25, 0.3) is 0 Å². The van der Waals surface area contributed by atoms with Crippen LogP contribution in [0.15, 0.2) is 12.2 Å². The molecule has 0 aliphatic rings. The molecule has 0 N–H and O–H groups in total. The van der Waals surface area contributed by atoms with Crippen molar-refractivity contribution in [2.24, 2.45) is 0 Å². The minimum atomic E-state index is -0.414. The molecule has 0 rings (SSSR count). The summed E-state index contributed by atoms with van der Waals surface area (Å²) < 4.78 is 59.2. The molecule has 0 atom stereocenters. The van der Waals surface area contributed by atoms with E-state index in [1.165, 1.54) is 70.6 Å². The molecule has 13 heteroatoms. The summed E-state index contributed by atoms with van der Waals surface area (Å²) in [4.78, 5) is 23.1. The van der Waals surface area contributed by atoms with Crippen molar-refractivity contribution in [3.05, 3.63) is 12.2 Å². The highest BCUT2D eigenvalue weighted by molar-refractivity contribution is 5.86. The molecule has 0 aliphatic heterocycles. The third-order valence-corrected chi connectivity index (χ3v) is 7.76. The molecule has 53 heavy (non-hydrogen) atoms. The fraction of sp³-hybridized carbons (Fsp3) is 0.900. The summed E-state index contributed by atoms with van der Waals surface area (Å²) in [5, 5.41) is 0. The molecule has 0 fully saturated rings. The van der Waals surface area contributed by atoms with Crippen LogP contribution in [0.25, 0.3) is 0 Å². The van der Waals surface area contributed by atoms with Gasteiger partial charge in [0.05, 0.1) is 119 Å². The van der Waals surface area contributed by atoms with Crippen molar-refractivity contribution in [3.63, 3.8) is 0 Å². The molecule has 0 bridgehead atoms. The Morgan fingerprint density at radius 2 is 0.604 bits per heavy atom. The highest BCUT2D eigenvalue weighted by atomic mass is 16.6. The number of ether oxygens (including phenoxy) is 11. The molecule has 0 aromatic rings. The van der Waals surface area contributed by atoms with Crippen molar-refractivity contribution in [2.45, 2.75) is 104 Å². The second-order valence-electron chi connectivity index (χ2n) is 12.6. The van der Waals surface area contributed by atoms with Crippen molar-refractivity contribution in [1.29, 1.82) is 0 Å². The van der Waals surface area contributed by atoms with Gasteiger partial charge in [0.1, 0.15) is 13.2 Å². The van der Waals surface area contributed by atoms with Crippen molar-refractivity contribution < 1.29 is 61.7 Å². The van der Waals surface area contributed by atoms with Crippen LogP contribution in [0, 0.1) is 0 Å². The zero-order chi connectivity index (χ0) is 38.6. The lowest BCUT2D eigenvalue weighted by Crippen LogP contribution is -2.16. The monoisotopic (exact) mass is 765 g/mol. The molecule has 13 nitrogen and oxygen atoms in total. The number of carbonyl (C=O) groups excluding carboxylic acids is 2. The minimum absolute atomic E-state index is 0.136. The van der Waals surface area contributed by atoms with Gasteiger partial charge in [-0.25, -0.2) is 4.79 Å². The van der Waals surface area contributed by atoms with Crippen LogP contribution in [0.4, 0.5) is 0 Å². The largest absolute Gasteiger partial charge is 0.463 e. The van der Waals surface area contributed by atoms with Crippen molar-refractivity contribution in [2.75, 3.05) is 132 Å². The Hall–Kier alpha value is -1.68. The maximum Gasteiger partial charge on any atom is 0.333 e. The van der Waals surface area contributed by atoms with Gasteiger partial charge in [0, 0.05) is 12.0 Å². The number of carbonyl (C=O) groups is 2. The van der Waals surface area contributed by atoms with E-state index >= 15 is 0 Å². The van der Waals surface area contributed by atoms with Gasteiger partial charge in [-0.3, -0.25) is 4.79 Å². The molecule has 314 valence electrons. The Balaban J connectivity index is 3.14. The third-order valence-electron chi connectivity index (χ3n) is 7.76. The lowest BCUT2D eigenvalue weighted by atomic mass is 10.0. The van der Waals surface area contributed by atoms with E-state index < -0.39 is 5.97 Å². The maximum absolute atomic E-state index is 11.9. The number of esters is 2. The Kier molecular flexibility index (Phi) is 43.3. The molecular formula is C40H76O13. The van der Waals surface area contributed by atoms with E-state index in [0.29, 0.717) is 131 Å². The van der Waals surface area contributed by atoms with E-state index in [4.69, 9.17) is 52.1 Å². The molecule has 0 amide bonds. The molecule has 0 unspecified atom stereocenters. The van der Waals surface area contributed by atoms with Crippen LogP contribution in [0.2, 0.25) is 0 Å². The van der Waals surface area contributed by atoms with Crippen LogP contribution >= 0.6 is 0 Å². The number of unbranched alkanes of at least 4 members (excludes halogenated alkanes) is 12. The second kappa shape index (κ2) is 44.7. The average molecular weight is 765 g/mol. The maximum atomic E-state index is 11.9. The topological polar surface area (TPSA) is 136 Å². The second-order valence-corrected chi connectivity index (χ2v) is 12.6. The molecule has 0 aromatic heterocycles. The first-order chi connectivity index (χ1) is 26.1. The van der Waals surface area contributed by atoms with Crippen molar-refractivity contribution in [3.8, 4) is 0 Å². The van der Waals surface area contributed by atoms with Gasteiger partial charge in [0.2, 0.25) is 0 Å². The summed E-state index contributed by atoms with van der Waals surface area (Å²) in [6.45, 7) is 16.1. The number of rotatable bonds is 45. The standard InChI is InChI=1S/C40H76O13/c1-4-5-6-7-8-9-10-11-12-13-14-15-16-17-39(41)52-36-34-50-32-30-48-28-26-46-24-22-44-20-18-43-19-21-45-23-25-47-27-29-49-31-33-51-35-37-53-40(42)38(2)3/h2,4-37H2,1,3H3. The molecule has 0 radical (unpaired) electrons. The first-order valence-corrected chi connectivity index (χ1v) is 20.3. The fourth-order valence-corrected chi connectivity index (χ4v) is 4.75. The Morgan fingerprint density at radius 1 is 0.358 bits per heavy atom. The highest BCUT2D eigenvalue weighted by Crippen LogP contribution is 2.13. The van der Waals surface area contributed by atoms with E-state index in [1.54, 1.807) is 6.92 Å². The van der Waals surface area contributed by atoms with Gasteiger partial charge in [-0.05, 0) is 13.3 Å². The van der Waals surface area contributed by atoms with Gasteiger partial charge in [-0.1, -0.05) is 90.6 Å². The molecule has 0 heterocycles. The molecule has 0 saturated heterocycles. The Morgan fingerprint density at radius 3 is 0.887 bits per heavy atom. The lowest BCUT2D eigenvalue weighted by Gasteiger charge is -2.09. The summed E-state index contributed by atoms with van der Waals surface area (Å²) in [6.07, 6.45) is 17.3. The summed E-state index contributed by atoms with van der Waals surface area (Å²) in [5.41, 5.74) is 0.369. The molecular weight excluding hydrogens is 688 g/mol. The average Bonchev–Trinajstić information content (AvgIpc) is 3.15. The van der Waals surface area contributed by atoms with Crippen molar-refractivity contribution in [1.82, 2.24) is 0 Å². The molecule has 0 aromatic carbocycles. The van der Waals surface area contributed by atoms with Gasteiger partial charge >= 0.3 is 11.9 Å². The van der Waals surface area contributed by atoms with Gasteiger partial charge in [-0.15, -0.1) is 0 Å². The highest BCUT2D eigenvalue weighted by Gasteiger charge is 2.04.